The number of nitrogens with zero attached hydrogens (tertiary/aromatic N) is 2. The van der Waals surface area contributed by atoms with Crippen molar-refractivity contribution in [3.63, 3.8) is 0 Å². The zero-order valence-electron chi connectivity index (χ0n) is 14.2. The Morgan fingerprint density at radius 3 is 2.92 bits per heavy atom. The SMILES string of the molecule is CC(C1CC1)n1nccc1NC(=O)C1(C)Oc2ccccc2NC1=O. The summed E-state index contributed by atoms with van der Waals surface area (Å²) in [6, 6.07) is 8.98. The highest BCUT2D eigenvalue weighted by Crippen LogP contribution is 2.40. The molecule has 1 aromatic heterocycles. The summed E-state index contributed by atoms with van der Waals surface area (Å²) in [5, 5.41) is 9.84. The molecular formula is C18H20N4O3. The van der Waals surface area contributed by atoms with Gasteiger partial charge in [0, 0.05) is 6.07 Å². The van der Waals surface area contributed by atoms with Crippen LogP contribution < -0.4 is 15.4 Å². The summed E-state index contributed by atoms with van der Waals surface area (Å²) in [5.41, 5.74) is -1.09. The van der Waals surface area contributed by atoms with Gasteiger partial charge in [-0.25, -0.2) is 4.68 Å². The highest BCUT2D eigenvalue weighted by atomic mass is 16.5. The molecule has 0 spiro atoms. The van der Waals surface area contributed by atoms with Crippen molar-refractivity contribution in [1.82, 2.24) is 9.78 Å². The average molecular weight is 340 g/mol. The van der Waals surface area contributed by atoms with Crippen LogP contribution in [0.3, 0.4) is 0 Å². The van der Waals surface area contributed by atoms with E-state index in [0.29, 0.717) is 23.2 Å². The van der Waals surface area contributed by atoms with E-state index in [-0.39, 0.29) is 6.04 Å². The van der Waals surface area contributed by atoms with Gasteiger partial charge in [0.05, 0.1) is 17.9 Å². The lowest BCUT2D eigenvalue weighted by Gasteiger charge is -2.33. The van der Waals surface area contributed by atoms with Gasteiger partial charge in [0.1, 0.15) is 11.6 Å². The molecule has 2 unspecified atom stereocenters. The number of nitrogens with one attached hydrogen (secondary N) is 2. The molecule has 0 saturated heterocycles. The van der Waals surface area contributed by atoms with Crippen LogP contribution in [-0.4, -0.2) is 27.2 Å². The Kier molecular flexibility index (Phi) is 3.52. The standard InChI is InChI=1S/C18H20N4O3/c1-11(12-7-8-12)22-15(9-10-19-22)21-17(24)18(2)16(23)20-13-5-3-4-6-14(13)25-18/h3-6,9-12H,7-8H2,1-2H3,(H,20,23)(H,21,24). The lowest BCUT2D eigenvalue weighted by atomic mass is 10.0. The molecule has 2 aromatic rings. The number of benzene rings is 1. The molecule has 1 fully saturated rings. The molecule has 2 amide bonds. The van der Waals surface area contributed by atoms with Gasteiger partial charge >= 0.3 is 0 Å². The molecule has 2 atom stereocenters. The molecule has 1 aliphatic carbocycles. The highest BCUT2D eigenvalue weighted by Gasteiger charge is 2.47. The fourth-order valence-corrected chi connectivity index (χ4v) is 3.07. The topological polar surface area (TPSA) is 85.2 Å². The molecule has 4 rings (SSSR count). The Labute approximate surface area is 145 Å². The first kappa shape index (κ1) is 15.7. The molecule has 2 heterocycles. The molecule has 130 valence electrons. The molecule has 0 radical (unpaired) electrons. The van der Waals surface area contributed by atoms with Gasteiger partial charge in [0.15, 0.2) is 0 Å². The molecule has 7 heteroatoms. The van der Waals surface area contributed by atoms with Gasteiger partial charge in [-0.1, -0.05) is 12.1 Å². The Morgan fingerprint density at radius 2 is 2.16 bits per heavy atom. The van der Waals surface area contributed by atoms with Crippen molar-refractivity contribution in [2.45, 2.75) is 38.3 Å². The van der Waals surface area contributed by atoms with Crippen molar-refractivity contribution >= 4 is 23.3 Å². The summed E-state index contributed by atoms with van der Waals surface area (Å²) in [4.78, 5) is 25.3. The molecular weight excluding hydrogens is 320 g/mol. The predicted octanol–water partition coefficient (Wildman–Crippen LogP) is 2.58. The van der Waals surface area contributed by atoms with Crippen LogP contribution in [0, 0.1) is 5.92 Å². The number of aromatic nitrogens is 2. The zero-order chi connectivity index (χ0) is 17.6. The summed E-state index contributed by atoms with van der Waals surface area (Å²) in [5.74, 6) is 0.613. The van der Waals surface area contributed by atoms with E-state index in [1.807, 2.05) is 0 Å². The van der Waals surface area contributed by atoms with E-state index >= 15 is 0 Å². The predicted molar refractivity (Wildman–Crippen MR) is 92.4 cm³/mol. The Bertz CT molecular complexity index is 842. The van der Waals surface area contributed by atoms with E-state index in [9.17, 15) is 9.59 Å². The van der Waals surface area contributed by atoms with Crippen LogP contribution in [0.4, 0.5) is 11.5 Å². The lowest BCUT2D eigenvalue weighted by molar-refractivity contribution is -0.143. The van der Waals surface area contributed by atoms with Gasteiger partial charge in [0.25, 0.3) is 17.4 Å². The maximum absolute atomic E-state index is 12.8. The normalized spacial score (nSPS) is 23.2. The molecule has 7 nitrogen and oxygen atoms in total. The van der Waals surface area contributed by atoms with E-state index in [1.54, 1.807) is 41.2 Å². The zero-order valence-corrected chi connectivity index (χ0v) is 14.2. The minimum atomic E-state index is -1.65. The van der Waals surface area contributed by atoms with E-state index in [4.69, 9.17) is 4.74 Å². The van der Waals surface area contributed by atoms with Crippen LogP contribution in [0.15, 0.2) is 36.5 Å². The van der Waals surface area contributed by atoms with E-state index in [1.165, 1.54) is 19.8 Å². The van der Waals surface area contributed by atoms with Crippen LogP contribution in [0.25, 0.3) is 0 Å². The van der Waals surface area contributed by atoms with Gasteiger partial charge in [-0.2, -0.15) is 5.10 Å². The summed E-state index contributed by atoms with van der Waals surface area (Å²) < 4.78 is 7.55. The van der Waals surface area contributed by atoms with E-state index in [2.05, 4.69) is 22.7 Å². The number of carbonyl (C=O) groups excluding carboxylic acids is 2. The quantitative estimate of drug-likeness (QED) is 0.838. The summed E-state index contributed by atoms with van der Waals surface area (Å²) in [6.45, 7) is 3.56. The first-order valence-corrected chi connectivity index (χ1v) is 8.43. The van der Waals surface area contributed by atoms with Crippen LogP contribution in [0.1, 0.15) is 32.7 Å². The van der Waals surface area contributed by atoms with Crippen molar-refractivity contribution in [2.24, 2.45) is 5.92 Å². The highest BCUT2D eigenvalue weighted by molar-refractivity contribution is 6.18. The van der Waals surface area contributed by atoms with E-state index in [0.717, 1.165) is 0 Å². The summed E-state index contributed by atoms with van der Waals surface area (Å²) >= 11 is 0. The second kappa shape index (κ2) is 5.61. The molecule has 1 aliphatic heterocycles. The number of para-hydroxylation sites is 2. The second-order valence-electron chi connectivity index (χ2n) is 6.78. The van der Waals surface area contributed by atoms with Crippen molar-refractivity contribution in [3.8, 4) is 5.75 Å². The number of hydrogen-bond acceptors (Lipinski definition) is 4. The number of fused-ring (bicyclic) bond motifs is 1. The third kappa shape index (κ3) is 2.65. The smallest absolute Gasteiger partial charge is 0.279 e. The second-order valence-corrected chi connectivity index (χ2v) is 6.78. The number of anilines is 2. The lowest BCUT2D eigenvalue weighted by Crippen LogP contribution is -2.56. The average Bonchev–Trinajstić information content (AvgIpc) is 3.35. The minimum absolute atomic E-state index is 0.208. The summed E-state index contributed by atoms with van der Waals surface area (Å²) in [7, 11) is 0. The van der Waals surface area contributed by atoms with Crippen molar-refractivity contribution in [1.29, 1.82) is 0 Å². The number of amides is 2. The van der Waals surface area contributed by atoms with Crippen LogP contribution in [0.5, 0.6) is 5.75 Å². The first-order chi connectivity index (χ1) is 12.0. The van der Waals surface area contributed by atoms with Crippen molar-refractivity contribution in [3.05, 3.63) is 36.5 Å². The monoisotopic (exact) mass is 340 g/mol. The maximum atomic E-state index is 12.8. The fourth-order valence-electron chi connectivity index (χ4n) is 3.07. The first-order valence-electron chi connectivity index (χ1n) is 8.43. The maximum Gasteiger partial charge on any atom is 0.279 e. The molecule has 2 N–H and O–H groups in total. The third-order valence-electron chi connectivity index (χ3n) is 4.92. The van der Waals surface area contributed by atoms with Crippen molar-refractivity contribution in [2.75, 3.05) is 10.6 Å². The Morgan fingerprint density at radius 1 is 1.40 bits per heavy atom. The molecule has 0 bridgehead atoms. The van der Waals surface area contributed by atoms with Crippen LogP contribution in [-0.2, 0) is 9.59 Å². The third-order valence-corrected chi connectivity index (χ3v) is 4.92. The van der Waals surface area contributed by atoms with Crippen molar-refractivity contribution < 1.29 is 14.3 Å². The van der Waals surface area contributed by atoms with Gasteiger partial charge in [-0.05, 0) is 44.7 Å². The van der Waals surface area contributed by atoms with Crippen LogP contribution in [0.2, 0.25) is 0 Å². The minimum Gasteiger partial charge on any atom is -0.466 e. The Hall–Kier alpha value is -2.83. The van der Waals surface area contributed by atoms with Crippen LogP contribution >= 0.6 is 0 Å². The van der Waals surface area contributed by atoms with Gasteiger partial charge in [-0.15, -0.1) is 0 Å². The van der Waals surface area contributed by atoms with E-state index < -0.39 is 17.4 Å². The van der Waals surface area contributed by atoms with Gasteiger partial charge < -0.3 is 15.4 Å². The van der Waals surface area contributed by atoms with Gasteiger partial charge in [0.2, 0.25) is 0 Å². The van der Waals surface area contributed by atoms with Gasteiger partial charge in [-0.3, -0.25) is 9.59 Å². The molecule has 1 aromatic carbocycles. The molecule has 2 aliphatic rings. The molecule has 25 heavy (non-hydrogen) atoms. The molecule has 1 saturated carbocycles. The number of carbonyl (C=O) groups is 2. The Balaban J connectivity index is 1.57. The summed E-state index contributed by atoms with van der Waals surface area (Å²) in [6.07, 6.45) is 4.00. The fraction of sp³-hybridized carbons (Fsp3) is 0.389. The number of rotatable bonds is 4. The largest absolute Gasteiger partial charge is 0.466 e. The number of ether oxygens (including phenoxy) is 1. The number of hydrogen-bond donors (Lipinski definition) is 2.